The molecule has 0 unspecified atom stereocenters. The molecule has 2 rings (SSSR count). The number of piperidine rings is 1. The summed E-state index contributed by atoms with van der Waals surface area (Å²) in [5.41, 5.74) is 1.05. The Kier molecular flexibility index (Phi) is 5.16. The fourth-order valence-electron chi connectivity index (χ4n) is 2.32. The van der Waals surface area contributed by atoms with E-state index in [0.717, 1.165) is 36.0 Å². The average molecular weight is 336 g/mol. The minimum absolute atomic E-state index is 0.0507. The van der Waals surface area contributed by atoms with Crippen molar-refractivity contribution in [2.75, 3.05) is 25.0 Å². The summed E-state index contributed by atoms with van der Waals surface area (Å²) in [5.74, 6) is 3.36. The first-order valence-corrected chi connectivity index (χ1v) is 7.48. The van der Waals surface area contributed by atoms with E-state index in [1.54, 1.807) is 6.20 Å². The molecule has 1 aromatic rings. The van der Waals surface area contributed by atoms with E-state index in [1.807, 2.05) is 13.0 Å². The van der Waals surface area contributed by atoms with E-state index in [-0.39, 0.29) is 11.8 Å². The normalized spacial score (nSPS) is 16.6. The molecular weight excluding hydrogens is 318 g/mol. The molecule has 4 nitrogen and oxygen atoms in total. The molecule has 1 fully saturated rings. The van der Waals surface area contributed by atoms with Crippen molar-refractivity contribution in [1.82, 2.24) is 9.88 Å². The van der Waals surface area contributed by atoms with Gasteiger partial charge in [-0.15, -0.1) is 6.42 Å². The van der Waals surface area contributed by atoms with Crippen LogP contribution in [0.1, 0.15) is 18.4 Å². The highest BCUT2D eigenvalue weighted by Gasteiger charge is 2.24. The number of nitrogens with one attached hydrogen (secondary N) is 1. The molecule has 1 aliphatic rings. The summed E-state index contributed by atoms with van der Waals surface area (Å²) in [6, 6.07) is 1.87. The van der Waals surface area contributed by atoms with Crippen molar-refractivity contribution in [1.29, 1.82) is 0 Å². The van der Waals surface area contributed by atoms with Gasteiger partial charge in [0.1, 0.15) is 5.82 Å². The van der Waals surface area contributed by atoms with Crippen molar-refractivity contribution in [2.45, 2.75) is 19.8 Å². The first-order valence-electron chi connectivity index (χ1n) is 6.69. The quantitative estimate of drug-likeness (QED) is 0.863. The number of rotatable bonds is 3. The van der Waals surface area contributed by atoms with Crippen LogP contribution in [0.15, 0.2) is 16.7 Å². The van der Waals surface area contributed by atoms with E-state index in [9.17, 15) is 4.79 Å². The SMILES string of the molecule is C#CCN1CCC(C(=O)Nc2cc(C)c(Br)cn2)CC1. The van der Waals surface area contributed by atoms with Gasteiger partial charge in [0.05, 0.1) is 6.54 Å². The van der Waals surface area contributed by atoms with Crippen LogP contribution in [0, 0.1) is 25.2 Å². The molecule has 0 aliphatic carbocycles. The number of hydrogen-bond donors (Lipinski definition) is 1. The average Bonchev–Trinajstić information content (AvgIpc) is 2.44. The van der Waals surface area contributed by atoms with E-state index >= 15 is 0 Å². The fourth-order valence-corrected chi connectivity index (χ4v) is 2.54. The Morgan fingerprint density at radius 1 is 1.60 bits per heavy atom. The number of pyridine rings is 1. The zero-order valence-corrected chi connectivity index (χ0v) is 13.1. The number of terminal acetylenes is 1. The number of hydrogen-bond acceptors (Lipinski definition) is 3. The lowest BCUT2D eigenvalue weighted by atomic mass is 9.96. The van der Waals surface area contributed by atoms with Crippen LogP contribution in [0.4, 0.5) is 5.82 Å². The van der Waals surface area contributed by atoms with Crippen LogP contribution in [0.5, 0.6) is 0 Å². The molecule has 0 radical (unpaired) electrons. The molecule has 0 bridgehead atoms. The maximum absolute atomic E-state index is 12.2. The summed E-state index contributed by atoms with van der Waals surface area (Å²) in [5, 5.41) is 2.90. The van der Waals surface area contributed by atoms with Gasteiger partial charge < -0.3 is 5.32 Å². The third kappa shape index (κ3) is 3.81. The van der Waals surface area contributed by atoms with Crippen LogP contribution < -0.4 is 5.32 Å². The predicted molar refractivity (Wildman–Crippen MR) is 83.3 cm³/mol. The number of nitrogens with zero attached hydrogens (tertiary/aromatic N) is 2. The lowest BCUT2D eigenvalue weighted by molar-refractivity contribution is -0.121. The zero-order valence-electron chi connectivity index (χ0n) is 11.5. The fraction of sp³-hybridized carbons (Fsp3) is 0.467. The maximum atomic E-state index is 12.2. The Labute approximate surface area is 128 Å². The van der Waals surface area contributed by atoms with Crippen LogP contribution in [0.3, 0.4) is 0 Å². The molecule has 1 N–H and O–H groups in total. The molecule has 0 atom stereocenters. The van der Waals surface area contributed by atoms with E-state index in [0.29, 0.717) is 12.4 Å². The monoisotopic (exact) mass is 335 g/mol. The largest absolute Gasteiger partial charge is 0.310 e. The topological polar surface area (TPSA) is 45.2 Å². The molecule has 1 aromatic heterocycles. The molecule has 2 heterocycles. The third-order valence-electron chi connectivity index (χ3n) is 3.57. The van der Waals surface area contributed by atoms with E-state index in [4.69, 9.17) is 6.42 Å². The maximum Gasteiger partial charge on any atom is 0.228 e. The Morgan fingerprint density at radius 2 is 2.30 bits per heavy atom. The van der Waals surface area contributed by atoms with E-state index < -0.39 is 0 Å². The van der Waals surface area contributed by atoms with Crippen molar-refractivity contribution in [3.63, 3.8) is 0 Å². The van der Waals surface area contributed by atoms with Gasteiger partial charge in [0.15, 0.2) is 0 Å². The van der Waals surface area contributed by atoms with Crippen LogP contribution in [0.2, 0.25) is 0 Å². The summed E-state index contributed by atoms with van der Waals surface area (Å²) in [7, 11) is 0. The van der Waals surface area contributed by atoms with Crippen molar-refractivity contribution in [3.05, 3.63) is 22.3 Å². The Morgan fingerprint density at radius 3 is 2.90 bits per heavy atom. The molecule has 0 spiro atoms. The van der Waals surface area contributed by atoms with Gasteiger partial charge >= 0.3 is 0 Å². The van der Waals surface area contributed by atoms with Gasteiger partial charge in [-0.3, -0.25) is 9.69 Å². The van der Waals surface area contributed by atoms with Gasteiger partial charge in [-0.2, -0.15) is 0 Å². The number of amides is 1. The minimum atomic E-state index is 0.0507. The number of aromatic nitrogens is 1. The van der Waals surface area contributed by atoms with Crippen LogP contribution in [-0.2, 0) is 4.79 Å². The number of likely N-dealkylation sites (tertiary alicyclic amines) is 1. The van der Waals surface area contributed by atoms with Crippen LogP contribution >= 0.6 is 15.9 Å². The highest BCUT2D eigenvalue weighted by molar-refractivity contribution is 9.10. The van der Waals surface area contributed by atoms with Gasteiger partial charge in [-0.05, 0) is 60.4 Å². The zero-order chi connectivity index (χ0) is 14.5. The van der Waals surface area contributed by atoms with Gasteiger partial charge in [-0.1, -0.05) is 5.92 Å². The molecule has 0 saturated carbocycles. The molecule has 5 heteroatoms. The number of anilines is 1. The predicted octanol–water partition coefficient (Wildman–Crippen LogP) is 2.44. The smallest absolute Gasteiger partial charge is 0.228 e. The van der Waals surface area contributed by atoms with Crippen molar-refractivity contribution in [2.24, 2.45) is 5.92 Å². The molecule has 106 valence electrons. The lowest BCUT2D eigenvalue weighted by Gasteiger charge is -2.29. The highest BCUT2D eigenvalue weighted by Crippen LogP contribution is 2.21. The number of carbonyl (C=O) groups is 1. The van der Waals surface area contributed by atoms with E-state index in [1.165, 1.54) is 0 Å². The number of carbonyl (C=O) groups excluding carboxylic acids is 1. The number of aryl methyl sites for hydroxylation is 1. The first-order chi connectivity index (χ1) is 9.60. The molecule has 1 saturated heterocycles. The van der Waals surface area contributed by atoms with Crippen LogP contribution in [-0.4, -0.2) is 35.4 Å². The number of halogens is 1. The summed E-state index contributed by atoms with van der Waals surface area (Å²) >= 11 is 3.40. The molecule has 0 aromatic carbocycles. The van der Waals surface area contributed by atoms with Crippen molar-refractivity contribution in [3.8, 4) is 12.3 Å². The van der Waals surface area contributed by atoms with Crippen LogP contribution in [0.25, 0.3) is 0 Å². The Hall–Kier alpha value is -1.38. The summed E-state index contributed by atoms with van der Waals surface area (Å²) < 4.78 is 0.943. The molecular formula is C15H18BrN3O. The third-order valence-corrected chi connectivity index (χ3v) is 4.40. The molecule has 1 aliphatic heterocycles. The Bertz CT molecular complexity index is 530. The minimum Gasteiger partial charge on any atom is -0.310 e. The first kappa shape index (κ1) is 15.0. The molecule has 20 heavy (non-hydrogen) atoms. The second-order valence-corrected chi connectivity index (χ2v) is 5.92. The van der Waals surface area contributed by atoms with Crippen molar-refractivity contribution >= 4 is 27.7 Å². The van der Waals surface area contributed by atoms with Crippen molar-refractivity contribution < 1.29 is 4.79 Å². The molecule has 1 amide bonds. The second kappa shape index (κ2) is 6.87. The summed E-state index contributed by atoms with van der Waals surface area (Å²) in [6.45, 7) is 4.41. The second-order valence-electron chi connectivity index (χ2n) is 5.06. The standard InChI is InChI=1S/C15H18BrN3O/c1-3-6-19-7-4-12(5-8-19)15(20)18-14-9-11(2)13(16)10-17-14/h1,9-10,12H,4-8H2,2H3,(H,17,18,20). The summed E-state index contributed by atoms with van der Waals surface area (Å²) in [4.78, 5) is 18.6. The van der Waals surface area contributed by atoms with E-state index in [2.05, 4.69) is 37.1 Å². The van der Waals surface area contributed by atoms with Gasteiger partial charge in [-0.25, -0.2) is 4.98 Å². The Balaban J connectivity index is 1.89. The van der Waals surface area contributed by atoms with Gasteiger partial charge in [0.2, 0.25) is 5.91 Å². The van der Waals surface area contributed by atoms with Gasteiger partial charge in [0, 0.05) is 16.6 Å². The summed E-state index contributed by atoms with van der Waals surface area (Å²) in [6.07, 6.45) is 8.71. The lowest BCUT2D eigenvalue weighted by Crippen LogP contribution is -2.38. The highest BCUT2D eigenvalue weighted by atomic mass is 79.9. The van der Waals surface area contributed by atoms with Gasteiger partial charge in [0.25, 0.3) is 0 Å².